The topological polar surface area (TPSA) is 37.3 Å². The molecule has 4 aliphatic carbocycles. The first-order valence-electron chi connectivity index (χ1n) is 12.9. The van der Waals surface area contributed by atoms with Gasteiger partial charge in [-0.1, -0.05) is 60.0 Å². The molecule has 7 unspecified atom stereocenters. The number of aliphatic hydroxyl groups is 1. The molecule has 3 fully saturated rings. The van der Waals surface area contributed by atoms with Crippen molar-refractivity contribution in [3.05, 3.63) is 11.6 Å². The number of rotatable bonds is 4. The lowest BCUT2D eigenvalue weighted by Gasteiger charge is -2.61. The number of hydrogen-bond acceptors (Lipinski definition) is 3. The summed E-state index contributed by atoms with van der Waals surface area (Å²) in [7, 11) is 0. The second-order valence-corrected chi connectivity index (χ2v) is 10.6. The van der Waals surface area contributed by atoms with E-state index in [0.29, 0.717) is 23.5 Å². The summed E-state index contributed by atoms with van der Waals surface area (Å²) in [6.45, 7) is 12.9. The highest BCUT2D eigenvalue weighted by molar-refractivity contribution is 7.80. The van der Waals surface area contributed by atoms with Crippen molar-refractivity contribution in [3.8, 4) is 0 Å². The summed E-state index contributed by atoms with van der Waals surface area (Å²) in [5, 5.41) is 10.8. The van der Waals surface area contributed by atoms with Gasteiger partial charge in [0.15, 0.2) is 5.78 Å². The van der Waals surface area contributed by atoms with E-state index in [2.05, 4.69) is 26.5 Å². The molecule has 7 atom stereocenters. The summed E-state index contributed by atoms with van der Waals surface area (Å²) in [4.78, 5) is 12.1. The molecule has 0 aromatic heterocycles. The normalized spacial score (nSPS) is 40.5. The van der Waals surface area contributed by atoms with Gasteiger partial charge in [-0.3, -0.25) is 4.79 Å². The molecule has 182 valence electrons. The highest BCUT2D eigenvalue weighted by Crippen LogP contribution is 2.67. The van der Waals surface area contributed by atoms with Gasteiger partial charge in [0.05, 0.1) is 6.10 Å². The zero-order chi connectivity index (χ0) is 22.5. The largest absolute Gasteiger partial charge is 0.393 e. The van der Waals surface area contributed by atoms with E-state index < -0.39 is 0 Å². The van der Waals surface area contributed by atoms with Gasteiger partial charge in [-0.05, 0) is 91.3 Å². The third-order valence-corrected chi connectivity index (χ3v) is 9.29. The minimum atomic E-state index is -0.112. The number of allylic oxidation sites excluding steroid dienone is 1. The van der Waals surface area contributed by atoms with Crippen LogP contribution in [0.15, 0.2) is 11.6 Å². The summed E-state index contributed by atoms with van der Waals surface area (Å²) >= 11 is 4.42. The molecule has 4 aliphatic rings. The zero-order valence-corrected chi connectivity index (χ0v) is 22.9. The third-order valence-electron chi connectivity index (χ3n) is 8.97. The third kappa shape index (κ3) is 5.43. The van der Waals surface area contributed by atoms with E-state index in [9.17, 15) is 9.90 Å². The maximum absolute atomic E-state index is 12.1. The number of unbranched alkanes of at least 4 members (excludes halogenated alkanes) is 1. The second kappa shape index (κ2) is 12.5. The number of ketones is 1. The number of hydrogen-bond donors (Lipinski definition) is 2. The highest BCUT2D eigenvalue weighted by Gasteiger charge is 2.61. The average Bonchev–Trinajstić information content (AvgIpc) is 3.06. The summed E-state index contributed by atoms with van der Waals surface area (Å²) in [5.41, 5.74) is 1.79. The van der Waals surface area contributed by atoms with E-state index in [1.54, 1.807) is 0 Å². The van der Waals surface area contributed by atoms with Crippen LogP contribution in [0, 0.1) is 34.5 Å². The fourth-order valence-corrected chi connectivity index (χ4v) is 7.96. The summed E-state index contributed by atoms with van der Waals surface area (Å²) in [6, 6.07) is 0. The van der Waals surface area contributed by atoms with Gasteiger partial charge in [0.2, 0.25) is 0 Å². The number of carbonyl (C=O) groups excluding carboxylic acids is 1. The van der Waals surface area contributed by atoms with Crippen LogP contribution < -0.4 is 0 Å². The molecule has 0 bridgehead atoms. The molecule has 1 N–H and O–H groups in total. The van der Waals surface area contributed by atoms with Crippen LogP contribution >= 0.6 is 26.1 Å². The Morgan fingerprint density at radius 3 is 2.39 bits per heavy atom. The van der Waals surface area contributed by atoms with Crippen molar-refractivity contribution in [1.29, 1.82) is 0 Å². The maximum atomic E-state index is 12.1. The fourth-order valence-electron chi connectivity index (χ4n) is 7.74. The van der Waals surface area contributed by atoms with Gasteiger partial charge in [-0.25, -0.2) is 0 Å². The summed E-state index contributed by atoms with van der Waals surface area (Å²) in [5.74, 6) is 4.14. The van der Waals surface area contributed by atoms with Crippen molar-refractivity contribution in [2.45, 2.75) is 112 Å². The monoisotopic (exact) mass is 470 g/mol. The second-order valence-electron chi connectivity index (χ2n) is 10.2. The first-order chi connectivity index (χ1) is 14.4. The lowest BCUT2D eigenvalue weighted by Crippen LogP contribution is -2.55. The number of carbonyl (C=O) groups is 1. The van der Waals surface area contributed by atoms with Crippen molar-refractivity contribution in [2.75, 3.05) is 5.75 Å². The maximum Gasteiger partial charge on any atom is 0.155 e. The molecule has 0 spiro atoms. The molecule has 0 heterocycles. The van der Waals surface area contributed by atoms with Crippen molar-refractivity contribution >= 4 is 31.9 Å². The molecular weight excluding hydrogens is 420 g/mol. The summed E-state index contributed by atoms with van der Waals surface area (Å²) < 4.78 is 0. The Morgan fingerprint density at radius 2 is 1.74 bits per heavy atom. The van der Waals surface area contributed by atoms with Gasteiger partial charge in [-0.2, -0.15) is 26.1 Å². The van der Waals surface area contributed by atoms with E-state index in [-0.39, 0.29) is 30.4 Å². The Hall–Kier alpha value is 0.0700. The molecule has 0 aromatic carbocycles. The summed E-state index contributed by atoms with van der Waals surface area (Å²) in [6.07, 6.45) is 13.1. The Kier molecular flexibility index (Phi) is 11.7. The quantitative estimate of drug-likeness (QED) is 0.332. The molecule has 31 heavy (non-hydrogen) atoms. The van der Waals surface area contributed by atoms with Crippen LogP contribution in [-0.2, 0) is 4.79 Å². The first kappa shape index (κ1) is 29.1. The van der Waals surface area contributed by atoms with E-state index in [1.165, 1.54) is 44.1 Å². The minimum Gasteiger partial charge on any atom is -0.393 e. The van der Waals surface area contributed by atoms with Gasteiger partial charge < -0.3 is 5.11 Å². The SMILES string of the molecule is CC.CC.CC12CCC(=O)C=C1CCC1C2C(CCCCS)CC2(C)C(O)CCC12.S. The van der Waals surface area contributed by atoms with E-state index in [4.69, 9.17) is 0 Å². The Morgan fingerprint density at radius 1 is 1.06 bits per heavy atom. The Labute approximate surface area is 205 Å². The Bertz CT molecular complexity index is 604. The van der Waals surface area contributed by atoms with Crippen LogP contribution in [0.5, 0.6) is 0 Å². The predicted molar refractivity (Wildman–Crippen MR) is 142 cm³/mol. The zero-order valence-electron chi connectivity index (χ0n) is 21.0. The van der Waals surface area contributed by atoms with Crippen LogP contribution in [-0.4, -0.2) is 22.7 Å². The van der Waals surface area contributed by atoms with Gasteiger partial charge in [-0.15, -0.1) is 0 Å². The van der Waals surface area contributed by atoms with Crippen LogP contribution in [0.25, 0.3) is 0 Å². The van der Waals surface area contributed by atoms with Crippen LogP contribution in [0.2, 0.25) is 0 Å². The fraction of sp³-hybridized carbons (Fsp3) is 0.889. The molecule has 3 saturated carbocycles. The lowest BCUT2D eigenvalue weighted by atomic mass is 9.44. The smallest absolute Gasteiger partial charge is 0.155 e. The van der Waals surface area contributed by atoms with Gasteiger partial charge >= 0.3 is 0 Å². The Balaban J connectivity index is 0.000000910. The van der Waals surface area contributed by atoms with Crippen molar-refractivity contribution in [2.24, 2.45) is 34.5 Å². The molecule has 0 aromatic rings. The highest BCUT2D eigenvalue weighted by atomic mass is 32.1. The van der Waals surface area contributed by atoms with E-state index in [0.717, 1.165) is 37.4 Å². The first-order valence-corrected chi connectivity index (χ1v) is 13.6. The lowest BCUT2D eigenvalue weighted by molar-refractivity contribution is -0.123. The molecule has 4 heteroatoms. The van der Waals surface area contributed by atoms with Crippen molar-refractivity contribution in [1.82, 2.24) is 0 Å². The van der Waals surface area contributed by atoms with Crippen molar-refractivity contribution in [3.63, 3.8) is 0 Å². The van der Waals surface area contributed by atoms with Gasteiger partial charge in [0.1, 0.15) is 0 Å². The minimum absolute atomic E-state index is 0. The van der Waals surface area contributed by atoms with Gasteiger partial charge in [0, 0.05) is 6.42 Å². The predicted octanol–water partition coefficient (Wildman–Crippen LogP) is 7.37. The molecule has 0 amide bonds. The van der Waals surface area contributed by atoms with Crippen LogP contribution in [0.1, 0.15) is 106 Å². The average molecular weight is 471 g/mol. The molecule has 0 saturated heterocycles. The molecule has 4 rings (SSSR count). The van der Waals surface area contributed by atoms with Crippen molar-refractivity contribution < 1.29 is 9.90 Å². The number of fused-ring (bicyclic) bond motifs is 5. The standard InChI is InChI=1S/C23H36O2S.2C2H6.H2S/c1-22-11-10-17(24)13-16(22)6-7-18-19-8-9-20(25)23(19,2)14-15(21(18)22)5-3-4-12-26;2*1-2;/h13,15,18-21,25-26H,3-12,14H2,1-2H3;2*1-2H3;1H2. The number of thiol groups is 1. The molecular formula is C27H50O2S2. The van der Waals surface area contributed by atoms with Crippen LogP contribution in [0.3, 0.4) is 0 Å². The molecule has 0 aliphatic heterocycles. The number of aliphatic hydroxyl groups excluding tert-OH is 1. The van der Waals surface area contributed by atoms with Gasteiger partial charge in [0.25, 0.3) is 0 Å². The van der Waals surface area contributed by atoms with E-state index >= 15 is 0 Å². The van der Waals surface area contributed by atoms with E-state index in [1.807, 2.05) is 33.8 Å². The molecule has 0 radical (unpaired) electrons. The molecule has 2 nitrogen and oxygen atoms in total. The van der Waals surface area contributed by atoms with Crippen LogP contribution in [0.4, 0.5) is 0 Å².